The Balaban J connectivity index is 1.56. The molecule has 5 atom stereocenters. The average molecular weight is 435 g/mol. The van der Waals surface area contributed by atoms with Crippen molar-refractivity contribution in [2.45, 2.75) is 77.7 Å². The summed E-state index contributed by atoms with van der Waals surface area (Å²) in [5, 5.41) is 8.24. The number of fused-ring (bicyclic) bond motifs is 5. The lowest BCUT2D eigenvalue weighted by molar-refractivity contribution is -0.131. The fourth-order valence-corrected chi connectivity index (χ4v) is 7.00. The average Bonchev–Trinajstić information content (AvgIpc) is 2.96. The Labute approximate surface area is 180 Å². The molecule has 3 aliphatic rings. The van der Waals surface area contributed by atoms with E-state index >= 15 is 0 Å². The number of nitrogens with one attached hydrogen (secondary N) is 1. The second-order valence-corrected chi connectivity index (χ2v) is 11.9. The molecule has 0 spiro atoms. The van der Waals surface area contributed by atoms with Crippen LogP contribution in [-0.4, -0.2) is 19.9 Å². The van der Waals surface area contributed by atoms with Crippen LogP contribution in [0.15, 0.2) is 18.2 Å². The topological polar surface area (TPSA) is 98.5 Å². The van der Waals surface area contributed by atoms with Crippen LogP contribution in [0.5, 0.6) is 5.75 Å². The van der Waals surface area contributed by atoms with E-state index < -0.39 is 10.3 Å². The minimum atomic E-state index is -4.01. The maximum absolute atomic E-state index is 13.0. The van der Waals surface area contributed by atoms with Gasteiger partial charge in [0.15, 0.2) is 0 Å². The van der Waals surface area contributed by atoms with Crippen molar-refractivity contribution in [3.63, 3.8) is 0 Å². The number of rotatable bonds is 3. The Morgan fingerprint density at radius 3 is 2.60 bits per heavy atom. The van der Waals surface area contributed by atoms with Crippen LogP contribution in [0.25, 0.3) is 0 Å². The molecule has 2 saturated carbocycles. The first-order valence-corrected chi connectivity index (χ1v) is 12.5. The van der Waals surface area contributed by atoms with Crippen molar-refractivity contribution in [2.75, 3.05) is 0 Å². The lowest BCUT2D eigenvalue weighted by Crippen LogP contribution is -2.50. The number of nitrogens with two attached hydrogens (primary N) is 1. The summed E-state index contributed by atoms with van der Waals surface area (Å²) in [4.78, 5) is 13.0. The molecule has 0 bridgehead atoms. The van der Waals surface area contributed by atoms with Crippen LogP contribution in [0.2, 0.25) is 0 Å². The van der Waals surface area contributed by atoms with Crippen molar-refractivity contribution in [1.29, 1.82) is 0 Å². The molecule has 0 radical (unpaired) electrons. The molecule has 6 nitrogen and oxygen atoms in total. The summed E-state index contributed by atoms with van der Waals surface area (Å²) in [6.07, 6.45) is 6.19. The minimum absolute atomic E-state index is 0.0602. The van der Waals surface area contributed by atoms with Gasteiger partial charge in [0, 0.05) is 11.5 Å². The van der Waals surface area contributed by atoms with Gasteiger partial charge >= 0.3 is 10.3 Å². The highest BCUT2D eigenvalue weighted by Crippen LogP contribution is 2.63. The van der Waals surface area contributed by atoms with Gasteiger partial charge in [-0.25, -0.2) is 0 Å². The third-order valence-corrected chi connectivity index (χ3v) is 8.15. The highest BCUT2D eigenvalue weighted by atomic mass is 32.2. The molecule has 0 aliphatic heterocycles. The van der Waals surface area contributed by atoms with E-state index in [1.165, 1.54) is 11.1 Å². The lowest BCUT2D eigenvalue weighted by Gasteiger charge is -2.50. The number of hydrogen-bond donors (Lipinski definition) is 2. The molecule has 0 saturated heterocycles. The number of carbonyl (C=O) groups is 1. The number of carbonyl (C=O) groups excluding carboxylic acids is 1. The van der Waals surface area contributed by atoms with Crippen LogP contribution >= 0.6 is 0 Å². The van der Waals surface area contributed by atoms with Crippen LogP contribution in [0.3, 0.4) is 0 Å². The Hall–Kier alpha value is -1.60. The van der Waals surface area contributed by atoms with Gasteiger partial charge < -0.3 is 9.50 Å². The fraction of sp³-hybridized carbons (Fsp3) is 0.696. The molecule has 4 rings (SSSR count). The molecule has 3 N–H and O–H groups in total. The summed E-state index contributed by atoms with van der Waals surface area (Å²) >= 11 is 0. The molecule has 2 fully saturated rings. The molecular formula is C23H34N2O4S. The molecule has 1 aromatic carbocycles. The molecule has 0 aromatic heterocycles. The predicted octanol–water partition coefficient (Wildman–Crippen LogP) is 3.66. The predicted molar refractivity (Wildman–Crippen MR) is 116 cm³/mol. The third kappa shape index (κ3) is 3.98. The summed E-state index contributed by atoms with van der Waals surface area (Å²) in [5.74, 6) is 2.20. The highest BCUT2D eigenvalue weighted by molar-refractivity contribution is 7.84. The zero-order valence-electron chi connectivity index (χ0n) is 18.4. The quantitative estimate of drug-likeness (QED) is 0.758. The first-order chi connectivity index (χ1) is 13.9. The van der Waals surface area contributed by atoms with Gasteiger partial charge in [-0.3, -0.25) is 4.79 Å². The minimum Gasteiger partial charge on any atom is -0.371 e. The zero-order valence-corrected chi connectivity index (χ0v) is 19.2. The summed E-state index contributed by atoms with van der Waals surface area (Å²) in [7, 11) is -4.01. The maximum atomic E-state index is 13.0. The van der Waals surface area contributed by atoms with Crippen molar-refractivity contribution in [2.24, 2.45) is 28.3 Å². The maximum Gasteiger partial charge on any atom is 0.380 e. The standard InChI is InChI=1S/C23H34N2O4S/c1-22(2,3)25-21(26)20-10-9-19-18-7-5-14-13-15(29-30(24,27)28)6-8-16(14)17(18)11-12-23(19,20)4/h6,8,13,17-20H,5,7,9-12H2,1-4H3,(H,25,26)(H2,24,27,28)/t17?,18?,19?,20-,23+/m1/s1. The van der Waals surface area contributed by atoms with Crippen molar-refractivity contribution in [1.82, 2.24) is 5.32 Å². The monoisotopic (exact) mass is 434 g/mol. The first-order valence-electron chi connectivity index (χ1n) is 11.0. The number of benzene rings is 1. The van der Waals surface area contributed by atoms with Crippen molar-refractivity contribution >= 4 is 16.2 Å². The summed E-state index contributed by atoms with van der Waals surface area (Å²) < 4.78 is 27.4. The summed E-state index contributed by atoms with van der Waals surface area (Å²) in [5.41, 5.74) is 2.34. The van der Waals surface area contributed by atoms with Gasteiger partial charge in [-0.05, 0) is 106 Å². The van der Waals surface area contributed by atoms with Crippen LogP contribution in [0.4, 0.5) is 0 Å². The molecule has 0 heterocycles. The molecule has 1 aromatic rings. The van der Waals surface area contributed by atoms with Crippen LogP contribution in [0, 0.1) is 23.2 Å². The number of amides is 1. The second-order valence-electron chi connectivity index (χ2n) is 10.8. The Morgan fingerprint density at radius 1 is 1.20 bits per heavy atom. The van der Waals surface area contributed by atoms with Crippen molar-refractivity contribution in [3.05, 3.63) is 29.3 Å². The lowest BCUT2D eigenvalue weighted by atomic mass is 9.54. The van der Waals surface area contributed by atoms with E-state index in [0.717, 1.165) is 38.5 Å². The first kappa shape index (κ1) is 21.6. The Morgan fingerprint density at radius 2 is 1.93 bits per heavy atom. The van der Waals surface area contributed by atoms with E-state index in [1.54, 1.807) is 6.07 Å². The van der Waals surface area contributed by atoms with Gasteiger partial charge in [0.1, 0.15) is 5.75 Å². The van der Waals surface area contributed by atoms with Crippen LogP contribution in [0.1, 0.15) is 76.8 Å². The smallest absolute Gasteiger partial charge is 0.371 e. The van der Waals surface area contributed by atoms with E-state index in [2.05, 4.69) is 12.2 Å². The fourth-order valence-electron chi connectivity index (χ4n) is 6.63. The zero-order chi connectivity index (χ0) is 21.9. The van der Waals surface area contributed by atoms with E-state index in [0.29, 0.717) is 17.8 Å². The molecular weight excluding hydrogens is 400 g/mol. The number of hydrogen-bond acceptors (Lipinski definition) is 4. The number of aryl methyl sites for hydroxylation is 1. The molecule has 7 heteroatoms. The Kier molecular flexibility index (Phi) is 5.21. The largest absolute Gasteiger partial charge is 0.380 e. The summed E-state index contributed by atoms with van der Waals surface area (Å²) in [6.45, 7) is 8.47. The van der Waals surface area contributed by atoms with Crippen molar-refractivity contribution in [3.8, 4) is 5.75 Å². The molecule has 3 aliphatic carbocycles. The summed E-state index contributed by atoms with van der Waals surface area (Å²) in [6, 6.07) is 5.57. The van der Waals surface area contributed by atoms with Gasteiger partial charge in [-0.1, -0.05) is 13.0 Å². The SMILES string of the molecule is CC(C)(C)NC(=O)[C@H]1CCC2C3CCc4cc(OS(N)(=O)=O)ccc4C3CC[C@@]21C. The van der Waals surface area contributed by atoms with Gasteiger partial charge in [-0.15, -0.1) is 0 Å². The van der Waals surface area contributed by atoms with Gasteiger partial charge in [0.2, 0.25) is 5.91 Å². The molecule has 1 amide bonds. The van der Waals surface area contributed by atoms with E-state index in [9.17, 15) is 13.2 Å². The molecule has 3 unspecified atom stereocenters. The molecule has 30 heavy (non-hydrogen) atoms. The van der Waals surface area contributed by atoms with Crippen LogP contribution in [-0.2, 0) is 21.5 Å². The van der Waals surface area contributed by atoms with Gasteiger partial charge in [0.25, 0.3) is 0 Å². The van der Waals surface area contributed by atoms with E-state index in [4.69, 9.17) is 9.32 Å². The highest BCUT2D eigenvalue weighted by Gasteiger charge is 2.56. The van der Waals surface area contributed by atoms with Crippen molar-refractivity contribution < 1.29 is 17.4 Å². The molecule has 166 valence electrons. The van der Waals surface area contributed by atoms with E-state index in [1.807, 2.05) is 32.9 Å². The normalized spacial score (nSPS) is 33.2. The van der Waals surface area contributed by atoms with E-state index in [-0.39, 0.29) is 28.5 Å². The van der Waals surface area contributed by atoms with Gasteiger partial charge in [0.05, 0.1) is 0 Å². The van der Waals surface area contributed by atoms with Gasteiger partial charge in [-0.2, -0.15) is 13.6 Å². The second kappa shape index (κ2) is 7.23. The van der Waals surface area contributed by atoms with Crippen LogP contribution < -0.4 is 14.6 Å². The Bertz CT molecular complexity index is 952. The third-order valence-electron chi connectivity index (χ3n) is 7.73.